The van der Waals surface area contributed by atoms with Gasteiger partial charge in [0.2, 0.25) is 0 Å². The van der Waals surface area contributed by atoms with E-state index in [0.717, 1.165) is 17.8 Å². The molecule has 16 heavy (non-hydrogen) atoms. The zero-order chi connectivity index (χ0) is 11.1. The van der Waals surface area contributed by atoms with Gasteiger partial charge >= 0.3 is 0 Å². The van der Waals surface area contributed by atoms with Gasteiger partial charge in [0.05, 0.1) is 0 Å². The van der Waals surface area contributed by atoms with Gasteiger partial charge in [-0.1, -0.05) is 40.9 Å². The van der Waals surface area contributed by atoms with Crippen LogP contribution in [0.25, 0.3) is 0 Å². The molecule has 2 saturated carbocycles. The largest absolute Gasteiger partial charge is 0.207 e. The molecule has 1 aromatic rings. The van der Waals surface area contributed by atoms with Gasteiger partial charge in [-0.15, -0.1) is 0 Å². The third-order valence-electron chi connectivity index (χ3n) is 4.25. The first kappa shape index (κ1) is 10.8. The van der Waals surface area contributed by atoms with E-state index in [0.29, 0.717) is 4.83 Å². The quantitative estimate of drug-likeness (QED) is 0.690. The molecule has 0 saturated heterocycles. The number of rotatable bonds is 2. The molecule has 3 rings (SSSR count). The van der Waals surface area contributed by atoms with Crippen molar-refractivity contribution in [3.63, 3.8) is 0 Å². The molecular weight excluding hydrogens is 267 g/mol. The topological polar surface area (TPSA) is 0 Å². The molecule has 0 bridgehead atoms. The highest BCUT2D eigenvalue weighted by molar-refractivity contribution is 9.09. The molecule has 2 heteroatoms. The maximum absolute atomic E-state index is 12.8. The Morgan fingerprint density at radius 2 is 1.62 bits per heavy atom. The molecule has 2 aliphatic carbocycles. The highest BCUT2D eigenvalue weighted by atomic mass is 79.9. The maximum Gasteiger partial charge on any atom is 0.123 e. The average Bonchev–Trinajstić information content (AvgIpc) is 3.03. The van der Waals surface area contributed by atoms with Crippen molar-refractivity contribution in [2.24, 2.45) is 17.8 Å². The van der Waals surface area contributed by atoms with Crippen LogP contribution in [0.3, 0.4) is 0 Å². The van der Waals surface area contributed by atoms with Gasteiger partial charge in [0.1, 0.15) is 5.82 Å². The molecule has 2 aliphatic rings. The highest BCUT2D eigenvalue weighted by Gasteiger charge is 2.53. The second-order valence-corrected chi connectivity index (χ2v) is 6.13. The van der Waals surface area contributed by atoms with Crippen molar-refractivity contribution in [1.82, 2.24) is 0 Å². The number of alkyl halides is 1. The van der Waals surface area contributed by atoms with Gasteiger partial charge in [-0.25, -0.2) is 4.39 Å². The summed E-state index contributed by atoms with van der Waals surface area (Å²) in [6.45, 7) is 0. The first-order valence-electron chi connectivity index (χ1n) is 6.17. The fourth-order valence-corrected chi connectivity index (χ4v) is 4.44. The Balaban J connectivity index is 1.74. The number of halogens is 2. The van der Waals surface area contributed by atoms with Crippen LogP contribution in [0.1, 0.15) is 36.1 Å². The molecule has 2 fully saturated rings. The van der Waals surface area contributed by atoms with Gasteiger partial charge in [0.25, 0.3) is 0 Å². The molecule has 3 atom stereocenters. The Bertz CT molecular complexity index is 361. The molecule has 0 aliphatic heterocycles. The Morgan fingerprint density at radius 1 is 1.06 bits per heavy atom. The lowest BCUT2D eigenvalue weighted by atomic mass is 10.0. The van der Waals surface area contributed by atoms with Crippen LogP contribution < -0.4 is 0 Å². The van der Waals surface area contributed by atoms with E-state index in [1.165, 1.54) is 31.2 Å². The normalized spacial score (nSPS) is 34.2. The standard InChI is InChI=1S/C14H16BrF/c15-14(9-5-7-10(16)8-6-9)13-11-3-1-2-4-12(11)13/h5-8,11-14H,1-4H2. The van der Waals surface area contributed by atoms with Crippen LogP contribution in [0, 0.1) is 23.6 Å². The second kappa shape index (κ2) is 4.14. The summed E-state index contributed by atoms with van der Waals surface area (Å²) in [4.78, 5) is 0.432. The summed E-state index contributed by atoms with van der Waals surface area (Å²) in [5, 5.41) is 0. The molecule has 0 nitrogen and oxygen atoms in total. The monoisotopic (exact) mass is 282 g/mol. The smallest absolute Gasteiger partial charge is 0.123 e. The molecule has 0 radical (unpaired) electrons. The molecule has 86 valence electrons. The number of benzene rings is 1. The van der Waals surface area contributed by atoms with Crippen LogP contribution in [0.2, 0.25) is 0 Å². The summed E-state index contributed by atoms with van der Waals surface area (Å²) < 4.78 is 12.8. The highest BCUT2D eigenvalue weighted by Crippen LogP contribution is 2.62. The first-order valence-corrected chi connectivity index (χ1v) is 7.08. The lowest BCUT2D eigenvalue weighted by molar-refractivity contribution is 0.480. The van der Waals surface area contributed by atoms with Crippen molar-refractivity contribution in [2.75, 3.05) is 0 Å². The van der Waals surface area contributed by atoms with Gasteiger partial charge in [-0.2, -0.15) is 0 Å². The summed E-state index contributed by atoms with van der Waals surface area (Å²) in [6.07, 6.45) is 5.61. The van der Waals surface area contributed by atoms with E-state index in [2.05, 4.69) is 15.9 Å². The fourth-order valence-electron chi connectivity index (χ4n) is 3.35. The Labute approximate surface area is 104 Å². The predicted octanol–water partition coefficient (Wildman–Crippen LogP) is 4.70. The average molecular weight is 283 g/mol. The Morgan fingerprint density at radius 3 is 2.19 bits per heavy atom. The van der Waals surface area contributed by atoms with Crippen molar-refractivity contribution in [3.8, 4) is 0 Å². The van der Waals surface area contributed by atoms with E-state index < -0.39 is 0 Å². The van der Waals surface area contributed by atoms with Crippen molar-refractivity contribution in [1.29, 1.82) is 0 Å². The van der Waals surface area contributed by atoms with Gasteiger partial charge in [0, 0.05) is 4.83 Å². The number of hydrogen-bond donors (Lipinski definition) is 0. The van der Waals surface area contributed by atoms with E-state index in [1.807, 2.05) is 12.1 Å². The third kappa shape index (κ3) is 1.81. The molecule has 0 N–H and O–H groups in total. The van der Waals surface area contributed by atoms with E-state index >= 15 is 0 Å². The van der Waals surface area contributed by atoms with E-state index in [4.69, 9.17) is 0 Å². The minimum atomic E-state index is -0.142. The minimum Gasteiger partial charge on any atom is -0.207 e. The zero-order valence-corrected chi connectivity index (χ0v) is 10.8. The van der Waals surface area contributed by atoms with Crippen LogP contribution in [-0.2, 0) is 0 Å². The van der Waals surface area contributed by atoms with Crippen molar-refractivity contribution >= 4 is 15.9 Å². The van der Waals surface area contributed by atoms with E-state index in [-0.39, 0.29) is 5.82 Å². The molecule has 0 heterocycles. The molecule has 1 aromatic carbocycles. The predicted molar refractivity (Wildman–Crippen MR) is 67.0 cm³/mol. The van der Waals surface area contributed by atoms with Crippen LogP contribution >= 0.6 is 15.9 Å². The van der Waals surface area contributed by atoms with Crippen LogP contribution in [-0.4, -0.2) is 0 Å². The molecule has 3 unspecified atom stereocenters. The summed E-state index contributed by atoms with van der Waals surface area (Å²) in [6, 6.07) is 6.96. The Hall–Kier alpha value is -0.370. The first-order chi connectivity index (χ1) is 7.77. The van der Waals surface area contributed by atoms with Crippen molar-refractivity contribution in [3.05, 3.63) is 35.6 Å². The lowest BCUT2D eigenvalue weighted by Crippen LogP contribution is -1.95. The van der Waals surface area contributed by atoms with Crippen molar-refractivity contribution in [2.45, 2.75) is 30.5 Å². The molecule has 0 spiro atoms. The zero-order valence-electron chi connectivity index (χ0n) is 9.20. The van der Waals surface area contributed by atoms with E-state index in [1.54, 1.807) is 12.1 Å². The Kier molecular flexibility index (Phi) is 2.78. The SMILES string of the molecule is Fc1ccc(C(Br)C2C3CCCCC32)cc1. The van der Waals surface area contributed by atoms with Crippen LogP contribution in [0.15, 0.2) is 24.3 Å². The van der Waals surface area contributed by atoms with Crippen molar-refractivity contribution < 1.29 is 4.39 Å². The summed E-state index contributed by atoms with van der Waals surface area (Å²) >= 11 is 3.81. The number of hydrogen-bond acceptors (Lipinski definition) is 0. The van der Waals surface area contributed by atoms with Crippen LogP contribution in [0.4, 0.5) is 4.39 Å². The van der Waals surface area contributed by atoms with Gasteiger partial charge < -0.3 is 0 Å². The third-order valence-corrected chi connectivity index (χ3v) is 5.39. The number of fused-ring (bicyclic) bond motifs is 1. The molecular formula is C14H16BrF. The summed E-state index contributed by atoms with van der Waals surface area (Å²) in [5.74, 6) is 2.52. The second-order valence-electron chi connectivity index (χ2n) is 5.14. The minimum absolute atomic E-state index is 0.142. The lowest BCUT2D eigenvalue weighted by Gasteiger charge is -2.09. The summed E-state index contributed by atoms with van der Waals surface area (Å²) in [5.41, 5.74) is 1.24. The van der Waals surface area contributed by atoms with E-state index in [9.17, 15) is 4.39 Å². The van der Waals surface area contributed by atoms with Gasteiger partial charge in [-0.05, 0) is 48.3 Å². The molecule has 0 aromatic heterocycles. The van der Waals surface area contributed by atoms with Gasteiger partial charge in [0.15, 0.2) is 0 Å². The van der Waals surface area contributed by atoms with Gasteiger partial charge in [-0.3, -0.25) is 0 Å². The fraction of sp³-hybridized carbons (Fsp3) is 0.571. The summed E-state index contributed by atoms with van der Waals surface area (Å²) in [7, 11) is 0. The molecule has 0 amide bonds. The van der Waals surface area contributed by atoms with Crippen LogP contribution in [0.5, 0.6) is 0 Å². The maximum atomic E-state index is 12.8.